The highest BCUT2D eigenvalue weighted by Gasteiger charge is 2.49. The zero-order chi connectivity index (χ0) is 34.1. The summed E-state index contributed by atoms with van der Waals surface area (Å²) in [6.07, 6.45) is -4.41. The van der Waals surface area contributed by atoms with Gasteiger partial charge in [-0.2, -0.15) is 28.4 Å². The van der Waals surface area contributed by atoms with Gasteiger partial charge in [0.1, 0.15) is 41.0 Å². The molecule has 0 aliphatic carbocycles. The van der Waals surface area contributed by atoms with Crippen LogP contribution >= 0.6 is 11.3 Å². The summed E-state index contributed by atoms with van der Waals surface area (Å²) < 4.78 is 96.7. The number of piperazine rings is 1. The number of nitriles is 1. The molecule has 0 saturated carbocycles. The number of benzene rings is 2. The molecule has 3 aliphatic heterocycles. The van der Waals surface area contributed by atoms with Crippen LogP contribution in [0.25, 0.3) is 32.1 Å². The Bertz CT molecular complexity index is 2010. The summed E-state index contributed by atoms with van der Waals surface area (Å²) in [6, 6.07) is 4.15. The fourth-order valence-corrected chi connectivity index (χ4v) is 8.32. The summed E-state index contributed by atoms with van der Waals surface area (Å²) >= 11 is 0.679. The van der Waals surface area contributed by atoms with Crippen molar-refractivity contribution in [3.63, 3.8) is 0 Å². The Morgan fingerprint density at radius 1 is 1.19 bits per heavy atom. The molecule has 2 aromatic heterocycles. The van der Waals surface area contributed by atoms with Gasteiger partial charge in [-0.1, -0.05) is 6.07 Å². The van der Waals surface area contributed by atoms with Gasteiger partial charge in [0.2, 0.25) is 5.91 Å². The summed E-state index contributed by atoms with van der Waals surface area (Å²) in [7, 11) is 0. The Balaban J connectivity index is 1.44. The van der Waals surface area contributed by atoms with Crippen molar-refractivity contribution in [2.24, 2.45) is 0 Å². The molecule has 2 N–H and O–H groups in total. The van der Waals surface area contributed by atoms with Crippen LogP contribution in [0.15, 0.2) is 18.2 Å². The number of anilines is 2. The van der Waals surface area contributed by atoms with Gasteiger partial charge in [0.15, 0.2) is 5.82 Å². The number of amides is 1. The van der Waals surface area contributed by atoms with Crippen LogP contribution < -0.4 is 15.4 Å². The highest BCUT2D eigenvalue weighted by Crippen LogP contribution is 2.48. The molecule has 5 heterocycles. The van der Waals surface area contributed by atoms with Gasteiger partial charge in [-0.15, -0.1) is 11.3 Å². The lowest BCUT2D eigenvalue weighted by molar-refractivity contribution is -0.137. The minimum absolute atomic E-state index is 0.0100. The fraction of sp³-hybridized carbons (Fsp3) is 0.438. The number of halogens is 6. The second-order valence-corrected chi connectivity index (χ2v) is 13.5. The van der Waals surface area contributed by atoms with E-state index in [2.05, 4.69) is 9.97 Å². The van der Waals surface area contributed by atoms with E-state index in [1.165, 1.54) is 6.92 Å². The molecule has 252 valence electrons. The summed E-state index contributed by atoms with van der Waals surface area (Å²) in [5, 5.41) is 9.17. The van der Waals surface area contributed by atoms with Gasteiger partial charge >= 0.3 is 12.2 Å². The molecule has 0 spiro atoms. The van der Waals surface area contributed by atoms with Crippen molar-refractivity contribution in [1.82, 2.24) is 19.8 Å². The Labute approximate surface area is 274 Å². The average Bonchev–Trinajstić information content (AvgIpc) is 3.69. The maximum Gasteiger partial charge on any atom is 0.417 e. The molecule has 2 unspecified atom stereocenters. The van der Waals surface area contributed by atoms with Crippen LogP contribution in [0.4, 0.5) is 37.2 Å². The first-order chi connectivity index (χ1) is 22.8. The van der Waals surface area contributed by atoms with Gasteiger partial charge < -0.3 is 20.3 Å². The van der Waals surface area contributed by atoms with Gasteiger partial charge in [-0.25, -0.2) is 13.2 Å². The average molecular weight is 690 g/mol. The lowest BCUT2D eigenvalue weighted by atomic mass is 9.92. The number of nitrogens with two attached hydrogens (primary N) is 1. The SMILES string of the molecule is CC(=O)N1CCN(c2nc(OCC34CCCN3CC(F)C4)nc3c(F)c(-c4ccc(F)c5sc(N)c(C#N)c45)c(C(F)(F)F)cc23)CC1. The fourth-order valence-electron chi connectivity index (χ4n) is 7.37. The highest BCUT2D eigenvalue weighted by molar-refractivity contribution is 7.23. The molecule has 2 atom stereocenters. The van der Waals surface area contributed by atoms with Crippen LogP contribution in [0.2, 0.25) is 0 Å². The number of rotatable bonds is 5. The van der Waals surface area contributed by atoms with E-state index in [4.69, 9.17) is 10.5 Å². The van der Waals surface area contributed by atoms with Crippen LogP contribution in [0, 0.1) is 23.0 Å². The van der Waals surface area contributed by atoms with Crippen molar-refractivity contribution in [2.45, 2.75) is 44.1 Å². The van der Waals surface area contributed by atoms with Crippen molar-refractivity contribution in [1.29, 1.82) is 5.26 Å². The zero-order valence-corrected chi connectivity index (χ0v) is 26.5. The lowest BCUT2D eigenvalue weighted by Crippen LogP contribution is -2.48. The third-order valence-corrected chi connectivity index (χ3v) is 10.7. The molecule has 48 heavy (non-hydrogen) atoms. The smallest absolute Gasteiger partial charge is 0.417 e. The molecule has 7 rings (SSSR count). The predicted molar refractivity (Wildman–Crippen MR) is 167 cm³/mol. The molecule has 4 aromatic rings. The number of carbonyl (C=O) groups is 1. The summed E-state index contributed by atoms with van der Waals surface area (Å²) in [6.45, 7) is 3.24. The second kappa shape index (κ2) is 11.7. The Kier molecular flexibility index (Phi) is 7.82. The van der Waals surface area contributed by atoms with Crippen LogP contribution in [0.1, 0.15) is 37.3 Å². The summed E-state index contributed by atoms with van der Waals surface area (Å²) in [5.41, 5.74) is 1.89. The van der Waals surface area contributed by atoms with E-state index in [1.807, 2.05) is 11.0 Å². The van der Waals surface area contributed by atoms with Crippen molar-refractivity contribution in [2.75, 3.05) is 56.5 Å². The molecule has 0 bridgehead atoms. The van der Waals surface area contributed by atoms with Gasteiger partial charge in [0.25, 0.3) is 0 Å². The number of carbonyl (C=O) groups excluding carboxylic acids is 1. The minimum atomic E-state index is -5.10. The topological polar surface area (TPSA) is 112 Å². The number of hydrogen-bond acceptors (Lipinski definition) is 9. The van der Waals surface area contributed by atoms with Gasteiger partial charge in [-0.3, -0.25) is 9.69 Å². The van der Waals surface area contributed by atoms with Gasteiger partial charge in [-0.05, 0) is 37.1 Å². The van der Waals surface area contributed by atoms with Crippen LogP contribution in [0.5, 0.6) is 6.01 Å². The molecule has 2 aromatic carbocycles. The van der Waals surface area contributed by atoms with Gasteiger partial charge in [0, 0.05) is 62.4 Å². The number of aromatic nitrogens is 2. The quantitative estimate of drug-likeness (QED) is 0.259. The molecular formula is C32H29F6N7O2S. The largest absolute Gasteiger partial charge is 0.461 e. The third kappa shape index (κ3) is 5.23. The summed E-state index contributed by atoms with van der Waals surface area (Å²) in [4.78, 5) is 26.0. The monoisotopic (exact) mass is 689 g/mol. The van der Waals surface area contributed by atoms with E-state index in [9.17, 15) is 32.0 Å². The Hall–Kier alpha value is -4.36. The molecule has 9 nitrogen and oxygen atoms in total. The van der Waals surface area contributed by atoms with E-state index < -0.39 is 46.2 Å². The van der Waals surface area contributed by atoms with Crippen LogP contribution in [-0.2, 0) is 11.0 Å². The molecule has 3 saturated heterocycles. The number of nitrogen functional groups attached to an aromatic ring is 1. The maximum atomic E-state index is 16.9. The second-order valence-electron chi connectivity index (χ2n) is 12.4. The van der Waals surface area contributed by atoms with Crippen LogP contribution in [-0.4, -0.2) is 83.3 Å². The number of fused-ring (bicyclic) bond motifs is 3. The van der Waals surface area contributed by atoms with E-state index in [-0.39, 0.29) is 95.1 Å². The number of ether oxygens (including phenoxy) is 1. The third-order valence-electron chi connectivity index (χ3n) is 9.65. The first-order valence-electron chi connectivity index (χ1n) is 15.4. The number of thiophene rings is 1. The van der Waals surface area contributed by atoms with Crippen LogP contribution in [0.3, 0.4) is 0 Å². The van der Waals surface area contributed by atoms with E-state index >= 15 is 4.39 Å². The van der Waals surface area contributed by atoms with Crippen molar-refractivity contribution in [3.8, 4) is 23.2 Å². The molecule has 3 fully saturated rings. The minimum Gasteiger partial charge on any atom is -0.461 e. The van der Waals surface area contributed by atoms with Crippen molar-refractivity contribution >= 4 is 49.1 Å². The summed E-state index contributed by atoms with van der Waals surface area (Å²) in [5.74, 6) is -2.38. The highest BCUT2D eigenvalue weighted by atomic mass is 32.1. The van der Waals surface area contributed by atoms with E-state index in [1.54, 1.807) is 9.80 Å². The lowest BCUT2D eigenvalue weighted by Gasteiger charge is -2.35. The predicted octanol–water partition coefficient (Wildman–Crippen LogP) is 5.89. The van der Waals surface area contributed by atoms with Crippen molar-refractivity contribution in [3.05, 3.63) is 41.0 Å². The first-order valence-corrected chi connectivity index (χ1v) is 16.2. The van der Waals surface area contributed by atoms with E-state index in [0.717, 1.165) is 24.6 Å². The number of hydrogen-bond donors (Lipinski definition) is 1. The zero-order valence-electron chi connectivity index (χ0n) is 25.6. The van der Waals surface area contributed by atoms with E-state index in [0.29, 0.717) is 24.3 Å². The Morgan fingerprint density at radius 3 is 2.62 bits per heavy atom. The van der Waals surface area contributed by atoms with Crippen molar-refractivity contribution < 1.29 is 35.9 Å². The molecule has 3 aliphatic rings. The molecule has 0 radical (unpaired) electrons. The maximum absolute atomic E-state index is 16.9. The molecule has 1 amide bonds. The standard InChI is InChI=1S/C32H29F6N7O2S/c1-16(46)43-7-9-44(10-8-43)29-19-11-21(32(36,37)38)24(18-3-4-22(34)27-23(18)20(13-39)28(40)48-27)25(35)26(19)41-30(42-29)47-15-31-5-2-6-45(31)14-17(33)12-31/h3-4,11,17H,2,5-10,12,14-15,40H2,1H3. The molecule has 16 heteroatoms. The number of alkyl halides is 4. The Morgan fingerprint density at radius 2 is 1.94 bits per heavy atom. The first kappa shape index (κ1) is 32.2. The van der Waals surface area contributed by atoms with Gasteiger partial charge in [0.05, 0.1) is 21.4 Å². The number of nitrogens with zero attached hydrogens (tertiary/aromatic N) is 6. The molecular weight excluding hydrogens is 660 g/mol. The normalized spacial score (nSPS) is 21.7.